The molecule has 0 atom stereocenters. The van der Waals surface area contributed by atoms with Crippen LogP contribution in [0.1, 0.15) is 35.9 Å². The van der Waals surface area contributed by atoms with Crippen molar-refractivity contribution >= 4 is 34.2 Å². The molecule has 0 saturated carbocycles. The highest BCUT2D eigenvalue weighted by Crippen LogP contribution is 2.38. The van der Waals surface area contributed by atoms with E-state index in [0.717, 1.165) is 11.0 Å². The molecule has 2 aromatic heterocycles. The molecular weight excluding hydrogens is 368 g/mol. The van der Waals surface area contributed by atoms with Gasteiger partial charge in [0.1, 0.15) is 13.2 Å². The molecule has 7 nitrogen and oxygen atoms in total. The minimum atomic E-state index is -0.294. The average molecular weight is 387 g/mol. The van der Waals surface area contributed by atoms with E-state index in [2.05, 4.69) is 15.4 Å². The Balaban J connectivity index is 1.66. The summed E-state index contributed by atoms with van der Waals surface area (Å²) in [6.45, 7) is 6.81. The van der Waals surface area contributed by atoms with Crippen LogP contribution in [0.4, 0.5) is 5.69 Å². The van der Waals surface area contributed by atoms with Crippen LogP contribution in [0.15, 0.2) is 24.4 Å². The van der Waals surface area contributed by atoms with Gasteiger partial charge in [-0.3, -0.25) is 4.79 Å². The van der Waals surface area contributed by atoms with E-state index in [4.69, 9.17) is 21.1 Å². The predicted molar refractivity (Wildman–Crippen MR) is 103 cm³/mol. The van der Waals surface area contributed by atoms with E-state index < -0.39 is 0 Å². The number of benzene rings is 1. The molecule has 0 unspecified atom stereocenters. The Morgan fingerprint density at radius 3 is 2.63 bits per heavy atom. The smallest absolute Gasteiger partial charge is 0.257 e. The van der Waals surface area contributed by atoms with Gasteiger partial charge in [-0.2, -0.15) is 5.10 Å². The third-order valence-corrected chi connectivity index (χ3v) is 4.69. The van der Waals surface area contributed by atoms with E-state index in [1.165, 1.54) is 0 Å². The number of aryl methyl sites for hydroxylation is 1. The second-order valence-corrected chi connectivity index (χ2v) is 7.05. The van der Waals surface area contributed by atoms with E-state index in [9.17, 15) is 4.79 Å². The Hall–Kier alpha value is -2.80. The molecule has 0 aliphatic carbocycles. The second-order valence-electron chi connectivity index (χ2n) is 6.65. The lowest BCUT2D eigenvalue weighted by atomic mass is 10.1. The summed E-state index contributed by atoms with van der Waals surface area (Å²) in [7, 11) is 0. The largest absolute Gasteiger partial charge is 0.486 e. The van der Waals surface area contributed by atoms with Crippen molar-refractivity contribution in [2.45, 2.75) is 26.8 Å². The summed E-state index contributed by atoms with van der Waals surface area (Å²) in [6.07, 6.45) is 1.72. The number of halogens is 1. The highest BCUT2D eigenvalue weighted by Gasteiger charge is 2.19. The van der Waals surface area contributed by atoms with Crippen molar-refractivity contribution in [1.82, 2.24) is 14.8 Å². The molecule has 0 fully saturated rings. The lowest BCUT2D eigenvalue weighted by Gasteiger charge is -2.20. The first-order valence-electron chi connectivity index (χ1n) is 8.69. The van der Waals surface area contributed by atoms with Crippen LogP contribution in [0.3, 0.4) is 0 Å². The van der Waals surface area contributed by atoms with Crippen LogP contribution in [-0.4, -0.2) is 33.9 Å². The molecule has 27 heavy (non-hydrogen) atoms. The number of carbonyl (C=O) groups excluding carboxylic acids is 1. The summed E-state index contributed by atoms with van der Waals surface area (Å²) in [6, 6.07) is 5.30. The van der Waals surface area contributed by atoms with Gasteiger partial charge in [0.15, 0.2) is 17.1 Å². The maximum Gasteiger partial charge on any atom is 0.257 e. The lowest BCUT2D eigenvalue weighted by molar-refractivity contribution is 0.102. The number of aromatic nitrogens is 3. The van der Waals surface area contributed by atoms with Crippen LogP contribution < -0.4 is 14.8 Å². The molecule has 8 heteroatoms. The zero-order chi connectivity index (χ0) is 19.1. The third-order valence-electron chi connectivity index (χ3n) is 4.37. The number of ether oxygens (including phenoxy) is 2. The van der Waals surface area contributed by atoms with E-state index in [1.807, 2.05) is 18.5 Å². The molecule has 1 N–H and O–H groups in total. The van der Waals surface area contributed by atoms with Crippen molar-refractivity contribution in [3.8, 4) is 11.5 Å². The van der Waals surface area contributed by atoms with Gasteiger partial charge in [-0.25, -0.2) is 9.67 Å². The molecule has 0 bridgehead atoms. The lowest BCUT2D eigenvalue weighted by Crippen LogP contribution is -2.17. The fourth-order valence-electron chi connectivity index (χ4n) is 3.02. The quantitative estimate of drug-likeness (QED) is 0.736. The first-order valence-corrected chi connectivity index (χ1v) is 9.07. The summed E-state index contributed by atoms with van der Waals surface area (Å²) < 4.78 is 12.9. The fourth-order valence-corrected chi connectivity index (χ4v) is 3.22. The average Bonchev–Trinajstić information content (AvgIpc) is 3.04. The van der Waals surface area contributed by atoms with Crippen molar-refractivity contribution in [3.05, 3.63) is 40.7 Å². The van der Waals surface area contributed by atoms with Gasteiger partial charge in [-0.15, -0.1) is 0 Å². The number of hydrogen-bond acceptors (Lipinski definition) is 5. The fraction of sp³-hybridized carbons (Fsp3) is 0.316. The summed E-state index contributed by atoms with van der Waals surface area (Å²) in [5.41, 5.74) is 2.31. The maximum absolute atomic E-state index is 12.8. The van der Waals surface area contributed by atoms with Crippen LogP contribution in [0.25, 0.3) is 11.0 Å². The topological polar surface area (TPSA) is 78.3 Å². The number of rotatable bonds is 3. The van der Waals surface area contributed by atoms with E-state index in [-0.39, 0.29) is 11.9 Å². The Kier molecular flexibility index (Phi) is 4.39. The second kappa shape index (κ2) is 6.74. The molecule has 1 aromatic carbocycles. The van der Waals surface area contributed by atoms with Crippen molar-refractivity contribution < 1.29 is 14.3 Å². The summed E-state index contributed by atoms with van der Waals surface area (Å²) in [5.74, 6) is 0.840. The van der Waals surface area contributed by atoms with Gasteiger partial charge in [-0.05, 0) is 26.8 Å². The number of nitrogens with one attached hydrogen (secondary N) is 1. The van der Waals surface area contributed by atoms with Crippen molar-refractivity contribution in [3.63, 3.8) is 0 Å². The summed E-state index contributed by atoms with van der Waals surface area (Å²) in [5, 5.41) is 8.39. The monoisotopic (exact) mass is 386 g/mol. The number of amides is 1. The zero-order valence-electron chi connectivity index (χ0n) is 15.2. The molecule has 3 heterocycles. The Morgan fingerprint density at radius 2 is 1.93 bits per heavy atom. The molecule has 1 aliphatic heterocycles. The Bertz CT molecular complexity index is 1050. The maximum atomic E-state index is 12.8. The van der Waals surface area contributed by atoms with Gasteiger partial charge < -0.3 is 14.8 Å². The zero-order valence-corrected chi connectivity index (χ0v) is 16.0. The van der Waals surface area contributed by atoms with Gasteiger partial charge in [0.25, 0.3) is 5.91 Å². The minimum Gasteiger partial charge on any atom is -0.486 e. The van der Waals surface area contributed by atoms with Gasteiger partial charge in [0, 0.05) is 23.6 Å². The highest BCUT2D eigenvalue weighted by atomic mass is 35.5. The molecule has 1 amide bonds. The molecule has 0 spiro atoms. The summed E-state index contributed by atoms with van der Waals surface area (Å²) in [4.78, 5) is 17.4. The molecule has 0 saturated heterocycles. The van der Waals surface area contributed by atoms with Crippen LogP contribution in [-0.2, 0) is 0 Å². The van der Waals surface area contributed by atoms with E-state index in [0.29, 0.717) is 46.7 Å². The predicted octanol–water partition coefficient (Wildman–Crippen LogP) is 4.00. The van der Waals surface area contributed by atoms with E-state index in [1.54, 1.807) is 31.3 Å². The molecule has 3 aromatic rings. The number of carbonyl (C=O) groups is 1. The third kappa shape index (κ3) is 3.19. The van der Waals surface area contributed by atoms with E-state index >= 15 is 0 Å². The summed E-state index contributed by atoms with van der Waals surface area (Å²) >= 11 is 6.29. The van der Waals surface area contributed by atoms with Crippen molar-refractivity contribution in [2.75, 3.05) is 18.5 Å². The van der Waals surface area contributed by atoms with Crippen molar-refractivity contribution in [1.29, 1.82) is 0 Å². The normalized spacial score (nSPS) is 13.2. The molecule has 1 aliphatic rings. The number of hydrogen-bond donors (Lipinski definition) is 1. The Labute approximate surface area is 161 Å². The molecule has 140 valence electrons. The molecule has 4 rings (SSSR count). The van der Waals surface area contributed by atoms with Gasteiger partial charge in [0.2, 0.25) is 0 Å². The van der Waals surface area contributed by atoms with Gasteiger partial charge in [-0.1, -0.05) is 11.6 Å². The first kappa shape index (κ1) is 17.6. The number of anilines is 1. The van der Waals surface area contributed by atoms with Crippen LogP contribution in [0.2, 0.25) is 5.02 Å². The molecule has 0 radical (unpaired) electrons. The SMILES string of the molecule is Cc1nc2c(cnn2C(C)C)cc1C(=O)Nc1cc2c(cc1Cl)OCCO2. The molecular formula is C19H19ClN4O3. The minimum absolute atomic E-state index is 0.186. The standard InChI is InChI=1S/C19H19ClN4O3/c1-10(2)24-18-12(9-21-24)6-13(11(3)22-18)19(25)23-15-8-17-16(7-14(15)20)26-4-5-27-17/h6-10H,4-5H2,1-3H3,(H,23,25). The van der Waals surface area contributed by atoms with Gasteiger partial charge in [0.05, 0.1) is 28.2 Å². The number of fused-ring (bicyclic) bond motifs is 2. The first-order chi connectivity index (χ1) is 12.9. The van der Waals surface area contributed by atoms with Crippen molar-refractivity contribution in [2.24, 2.45) is 0 Å². The van der Waals surface area contributed by atoms with Crippen LogP contribution in [0, 0.1) is 6.92 Å². The van der Waals surface area contributed by atoms with Crippen LogP contribution >= 0.6 is 11.6 Å². The van der Waals surface area contributed by atoms with Gasteiger partial charge >= 0.3 is 0 Å². The Morgan fingerprint density at radius 1 is 1.22 bits per heavy atom. The number of nitrogens with zero attached hydrogens (tertiary/aromatic N) is 3. The highest BCUT2D eigenvalue weighted by molar-refractivity contribution is 6.34. The number of pyridine rings is 1. The van der Waals surface area contributed by atoms with Crippen LogP contribution in [0.5, 0.6) is 11.5 Å².